The molecule has 2 aromatic heterocycles. The zero-order chi connectivity index (χ0) is 19.6. The number of methoxy groups -OCH3 is 2. The first-order valence-electron chi connectivity index (χ1n) is 7.56. The van der Waals surface area contributed by atoms with Crippen molar-refractivity contribution in [3.8, 4) is 0 Å². The third kappa shape index (κ3) is 4.01. The van der Waals surface area contributed by atoms with Crippen LogP contribution in [0.25, 0.3) is 10.2 Å². The highest BCUT2D eigenvalue weighted by Crippen LogP contribution is 2.20. The Morgan fingerprint density at radius 3 is 2.59 bits per heavy atom. The van der Waals surface area contributed by atoms with E-state index in [1.807, 2.05) is 0 Å². The van der Waals surface area contributed by atoms with Crippen LogP contribution in [0, 0.1) is 0 Å². The van der Waals surface area contributed by atoms with E-state index in [0.29, 0.717) is 20.4 Å². The van der Waals surface area contributed by atoms with Crippen LogP contribution in [-0.4, -0.2) is 36.6 Å². The van der Waals surface area contributed by atoms with Gasteiger partial charge in [0, 0.05) is 0 Å². The van der Waals surface area contributed by atoms with Crippen molar-refractivity contribution >= 4 is 55.3 Å². The molecule has 0 aliphatic rings. The van der Waals surface area contributed by atoms with Gasteiger partial charge in [0.15, 0.2) is 15.2 Å². The predicted molar refractivity (Wildman–Crippen MR) is 99.5 cm³/mol. The molecule has 0 spiro atoms. The van der Waals surface area contributed by atoms with Gasteiger partial charge in [-0.2, -0.15) is 4.99 Å². The van der Waals surface area contributed by atoms with E-state index in [0.717, 1.165) is 11.3 Å². The van der Waals surface area contributed by atoms with Crippen LogP contribution in [0.3, 0.4) is 0 Å². The molecule has 0 atom stereocenters. The highest BCUT2D eigenvalue weighted by Gasteiger charge is 2.16. The average molecular weight is 453 g/mol. The molecule has 0 aliphatic heterocycles. The number of thiazole rings is 1. The van der Waals surface area contributed by atoms with Crippen molar-refractivity contribution in [2.75, 3.05) is 14.2 Å². The standard InChI is InChI=1S/C17H13BrN2O6S/c1-24-14(21)8-20-10-4-3-9(16(23)25-2)7-12(10)27-17(20)19-15(22)11-5-6-13(18)26-11/h3-7H,8H2,1-2H3. The molecule has 0 aliphatic carbocycles. The largest absolute Gasteiger partial charge is 0.468 e. The number of nitrogens with zero attached hydrogens (tertiary/aromatic N) is 2. The van der Waals surface area contributed by atoms with Gasteiger partial charge in [-0.1, -0.05) is 11.3 Å². The van der Waals surface area contributed by atoms with Gasteiger partial charge >= 0.3 is 17.8 Å². The van der Waals surface area contributed by atoms with E-state index in [4.69, 9.17) is 13.9 Å². The second-order valence-electron chi connectivity index (χ2n) is 5.24. The van der Waals surface area contributed by atoms with Crippen LogP contribution in [-0.2, 0) is 20.8 Å². The summed E-state index contributed by atoms with van der Waals surface area (Å²) in [6, 6.07) is 7.92. The van der Waals surface area contributed by atoms with E-state index < -0.39 is 17.8 Å². The lowest BCUT2D eigenvalue weighted by Crippen LogP contribution is -2.22. The summed E-state index contributed by atoms with van der Waals surface area (Å²) in [5.74, 6) is -1.53. The van der Waals surface area contributed by atoms with Gasteiger partial charge in [0.05, 0.1) is 30.0 Å². The quantitative estimate of drug-likeness (QED) is 0.564. The van der Waals surface area contributed by atoms with Gasteiger partial charge in [0.1, 0.15) is 6.54 Å². The highest BCUT2D eigenvalue weighted by atomic mass is 79.9. The van der Waals surface area contributed by atoms with Gasteiger partial charge in [-0.3, -0.25) is 9.59 Å². The van der Waals surface area contributed by atoms with Gasteiger partial charge in [0.25, 0.3) is 0 Å². The Hall–Kier alpha value is -2.72. The molecular formula is C17H13BrN2O6S. The lowest BCUT2D eigenvalue weighted by molar-refractivity contribution is -0.141. The molecule has 0 fully saturated rings. The minimum Gasteiger partial charge on any atom is -0.468 e. The summed E-state index contributed by atoms with van der Waals surface area (Å²) in [5.41, 5.74) is 0.981. The van der Waals surface area contributed by atoms with Crippen molar-refractivity contribution in [3.05, 3.63) is 51.1 Å². The number of benzene rings is 1. The second kappa shape index (κ2) is 7.89. The lowest BCUT2D eigenvalue weighted by Gasteiger charge is -2.04. The van der Waals surface area contributed by atoms with E-state index >= 15 is 0 Å². The molecule has 10 heteroatoms. The number of carbonyl (C=O) groups excluding carboxylic acids is 3. The molecule has 0 radical (unpaired) electrons. The van der Waals surface area contributed by atoms with E-state index in [1.54, 1.807) is 28.8 Å². The third-order valence-electron chi connectivity index (χ3n) is 3.60. The number of carbonyl (C=O) groups is 3. The molecule has 2 heterocycles. The van der Waals surface area contributed by atoms with E-state index in [2.05, 4.69) is 20.9 Å². The zero-order valence-corrected chi connectivity index (χ0v) is 16.6. The topological polar surface area (TPSA) is 100 Å². The molecule has 0 unspecified atom stereocenters. The first-order chi connectivity index (χ1) is 12.9. The summed E-state index contributed by atoms with van der Waals surface area (Å²) in [7, 11) is 2.56. The highest BCUT2D eigenvalue weighted by molar-refractivity contribution is 9.10. The van der Waals surface area contributed by atoms with Crippen LogP contribution in [0.4, 0.5) is 0 Å². The lowest BCUT2D eigenvalue weighted by atomic mass is 10.2. The van der Waals surface area contributed by atoms with E-state index in [-0.39, 0.29) is 17.1 Å². The fourth-order valence-corrected chi connectivity index (χ4v) is 3.69. The number of aromatic nitrogens is 1. The van der Waals surface area contributed by atoms with Gasteiger partial charge in [-0.05, 0) is 46.3 Å². The van der Waals surface area contributed by atoms with Crippen molar-refractivity contribution in [1.29, 1.82) is 0 Å². The van der Waals surface area contributed by atoms with Crippen molar-refractivity contribution in [1.82, 2.24) is 4.57 Å². The van der Waals surface area contributed by atoms with Gasteiger partial charge in [0.2, 0.25) is 0 Å². The molecular weight excluding hydrogens is 440 g/mol. The van der Waals surface area contributed by atoms with Crippen LogP contribution in [0.2, 0.25) is 0 Å². The molecule has 140 valence electrons. The van der Waals surface area contributed by atoms with Crippen LogP contribution in [0.5, 0.6) is 0 Å². The average Bonchev–Trinajstić information content (AvgIpc) is 3.24. The fraction of sp³-hybridized carbons (Fsp3) is 0.176. The van der Waals surface area contributed by atoms with Gasteiger partial charge in [-0.15, -0.1) is 0 Å². The number of rotatable bonds is 4. The molecule has 0 saturated heterocycles. The maximum Gasteiger partial charge on any atom is 0.337 e. The monoisotopic (exact) mass is 452 g/mol. The van der Waals surface area contributed by atoms with Crippen molar-refractivity contribution in [3.63, 3.8) is 0 Å². The number of halogens is 1. The van der Waals surface area contributed by atoms with Crippen LogP contribution >= 0.6 is 27.3 Å². The summed E-state index contributed by atoms with van der Waals surface area (Å²) >= 11 is 4.29. The Labute approximate surface area is 165 Å². The van der Waals surface area contributed by atoms with Crippen molar-refractivity contribution < 1.29 is 28.3 Å². The number of furan rings is 1. The summed E-state index contributed by atoms with van der Waals surface area (Å²) in [4.78, 5) is 40.2. The number of amides is 1. The molecule has 0 N–H and O–H groups in total. The molecule has 3 aromatic rings. The normalized spacial score (nSPS) is 11.6. The Morgan fingerprint density at radius 1 is 1.19 bits per heavy atom. The molecule has 8 nitrogen and oxygen atoms in total. The van der Waals surface area contributed by atoms with Crippen molar-refractivity contribution in [2.45, 2.75) is 6.54 Å². The maximum absolute atomic E-state index is 12.4. The molecule has 0 saturated carbocycles. The summed E-state index contributed by atoms with van der Waals surface area (Å²) in [5, 5.41) is 0. The SMILES string of the molecule is COC(=O)Cn1c(=NC(=O)c2ccc(Br)o2)sc2cc(C(=O)OC)ccc21. The molecule has 27 heavy (non-hydrogen) atoms. The number of hydrogen-bond donors (Lipinski definition) is 0. The number of ether oxygens (including phenoxy) is 2. The Kier molecular flexibility index (Phi) is 5.57. The molecule has 1 aromatic carbocycles. The second-order valence-corrected chi connectivity index (χ2v) is 7.03. The molecule has 1 amide bonds. The third-order valence-corrected chi connectivity index (χ3v) is 5.07. The Morgan fingerprint density at radius 2 is 1.96 bits per heavy atom. The number of esters is 2. The summed E-state index contributed by atoms with van der Waals surface area (Å²) in [6.45, 7) is -0.137. The number of hydrogen-bond acceptors (Lipinski definition) is 7. The van der Waals surface area contributed by atoms with E-state index in [1.165, 1.54) is 20.3 Å². The summed E-state index contributed by atoms with van der Waals surface area (Å²) in [6.07, 6.45) is 0. The van der Waals surface area contributed by atoms with Gasteiger partial charge < -0.3 is 18.5 Å². The smallest absolute Gasteiger partial charge is 0.337 e. The van der Waals surface area contributed by atoms with Crippen LogP contribution in [0.15, 0.2) is 44.4 Å². The van der Waals surface area contributed by atoms with Crippen LogP contribution in [0.1, 0.15) is 20.9 Å². The fourth-order valence-electron chi connectivity index (χ4n) is 2.32. The Balaban J connectivity index is 2.15. The number of fused-ring (bicyclic) bond motifs is 1. The van der Waals surface area contributed by atoms with Crippen molar-refractivity contribution in [2.24, 2.45) is 4.99 Å². The molecule has 0 bridgehead atoms. The molecule has 3 rings (SSSR count). The predicted octanol–water partition coefficient (Wildman–Crippen LogP) is 2.76. The first-order valence-corrected chi connectivity index (χ1v) is 9.17. The van der Waals surface area contributed by atoms with Crippen LogP contribution < -0.4 is 4.80 Å². The zero-order valence-electron chi connectivity index (χ0n) is 14.2. The van der Waals surface area contributed by atoms with Gasteiger partial charge in [-0.25, -0.2) is 4.79 Å². The Bertz CT molecular complexity index is 1110. The minimum absolute atomic E-state index is 0.0548. The minimum atomic E-state index is -0.598. The summed E-state index contributed by atoms with van der Waals surface area (Å²) < 4.78 is 17.3. The first kappa shape index (κ1) is 19.1. The van der Waals surface area contributed by atoms with E-state index in [9.17, 15) is 14.4 Å². The maximum atomic E-state index is 12.4.